The van der Waals surface area contributed by atoms with Crippen molar-refractivity contribution in [2.24, 2.45) is 0 Å². The van der Waals surface area contributed by atoms with Crippen molar-refractivity contribution in [3.8, 4) is 0 Å². The molecule has 0 bridgehead atoms. The Bertz CT molecular complexity index is 956. The predicted molar refractivity (Wildman–Crippen MR) is 103 cm³/mol. The highest BCUT2D eigenvalue weighted by molar-refractivity contribution is 5.99. The van der Waals surface area contributed by atoms with Crippen LogP contribution in [0, 0.1) is 5.82 Å². The first-order chi connectivity index (χ1) is 14.3. The average Bonchev–Trinajstić information content (AvgIpc) is 3.23. The molecule has 0 radical (unpaired) electrons. The van der Waals surface area contributed by atoms with E-state index in [2.05, 4.69) is 5.32 Å². The van der Waals surface area contributed by atoms with Crippen LogP contribution in [0.15, 0.2) is 47.5 Å². The number of aliphatic hydroxyl groups excluding tert-OH is 2. The van der Waals surface area contributed by atoms with E-state index in [1.807, 2.05) is 0 Å². The number of nitrogens with one attached hydrogen (secondary N) is 1. The molecule has 3 aliphatic rings. The lowest BCUT2D eigenvalue weighted by molar-refractivity contribution is -0.179. The van der Waals surface area contributed by atoms with Gasteiger partial charge in [-0.2, -0.15) is 5.01 Å². The summed E-state index contributed by atoms with van der Waals surface area (Å²) in [6.07, 6.45) is 0.180. The molecule has 0 saturated carbocycles. The largest absolute Gasteiger partial charge is 0.507 e. The summed E-state index contributed by atoms with van der Waals surface area (Å²) < 4.78 is 19.3. The maximum Gasteiger partial charge on any atom is 0.276 e. The van der Waals surface area contributed by atoms with Gasteiger partial charge in [0.15, 0.2) is 11.5 Å². The fourth-order valence-electron chi connectivity index (χ4n) is 4.04. The first-order valence-electron chi connectivity index (χ1n) is 9.51. The first kappa shape index (κ1) is 20.3. The van der Waals surface area contributed by atoms with Crippen LogP contribution in [0.4, 0.5) is 4.39 Å². The molecule has 2 amide bonds. The van der Waals surface area contributed by atoms with Crippen LogP contribution < -0.4 is 5.32 Å². The van der Waals surface area contributed by atoms with Crippen molar-refractivity contribution in [1.29, 1.82) is 0 Å². The van der Waals surface area contributed by atoms with Crippen molar-refractivity contribution in [3.63, 3.8) is 0 Å². The summed E-state index contributed by atoms with van der Waals surface area (Å²) in [5.74, 6) is -2.26. The number of hydrogen-bond acceptors (Lipinski definition) is 7. The van der Waals surface area contributed by atoms with Crippen molar-refractivity contribution >= 4 is 11.8 Å². The molecule has 2 unspecified atom stereocenters. The number of likely N-dealkylation sites (N-methyl/N-ethyl adjacent to an activating group) is 2. The predicted octanol–water partition coefficient (Wildman–Crippen LogP) is 0.207. The van der Waals surface area contributed by atoms with Gasteiger partial charge in [-0.1, -0.05) is 18.2 Å². The number of hydrogen-bond donors (Lipinski definition) is 3. The van der Waals surface area contributed by atoms with Gasteiger partial charge >= 0.3 is 0 Å². The molecule has 4 rings (SSSR count). The van der Waals surface area contributed by atoms with Crippen LogP contribution >= 0.6 is 0 Å². The highest BCUT2D eigenvalue weighted by Gasteiger charge is 2.54. The monoisotopic (exact) mass is 418 g/mol. The summed E-state index contributed by atoms with van der Waals surface area (Å²) in [6, 6.07) is 6.01. The molecule has 1 spiro atoms. The van der Waals surface area contributed by atoms with E-state index in [9.17, 15) is 24.2 Å². The van der Waals surface area contributed by atoms with Crippen LogP contribution in [0.5, 0.6) is 0 Å². The second-order valence-corrected chi connectivity index (χ2v) is 7.51. The number of aliphatic hydroxyl groups is 2. The molecule has 10 heteroatoms. The van der Waals surface area contributed by atoms with Crippen LogP contribution in [0.2, 0.25) is 0 Å². The molecular weight excluding hydrogens is 395 g/mol. The molecule has 3 N–H and O–H groups in total. The summed E-state index contributed by atoms with van der Waals surface area (Å²) in [5, 5.41) is 26.7. The lowest BCUT2D eigenvalue weighted by atomic mass is 9.98. The average molecular weight is 418 g/mol. The molecular formula is C20H23FN4O5. The van der Waals surface area contributed by atoms with Crippen molar-refractivity contribution in [1.82, 2.24) is 20.2 Å². The molecule has 2 saturated heterocycles. The van der Waals surface area contributed by atoms with Gasteiger partial charge in [0.2, 0.25) is 0 Å². The quantitative estimate of drug-likeness (QED) is 0.644. The molecule has 160 valence electrons. The number of hydrazine groups is 1. The molecule has 2 atom stereocenters. The zero-order valence-electron chi connectivity index (χ0n) is 16.6. The standard InChI is InChI=1S/C20H23FN4O5/c1-23-19(29)15-17(27)16(26)13(10-25(15)24(2)20(23)7-8-30-11-20)18(28)22-9-12-5-3-4-6-14(12)21/h3-6,10,16,26-27H,7-9,11H2,1-2H3,(H,22,28). The number of halogens is 1. The van der Waals surface area contributed by atoms with Crippen LogP contribution in [0.1, 0.15) is 12.0 Å². The molecule has 0 aliphatic carbocycles. The second kappa shape index (κ2) is 7.38. The van der Waals surface area contributed by atoms with Gasteiger partial charge in [-0.3, -0.25) is 14.6 Å². The minimum absolute atomic E-state index is 0.0951. The van der Waals surface area contributed by atoms with E-state index in [-0.39, 0.29) is 30.0 Å². The maximum absolute atomic E-state index is 13.8. The van der Waals surface area contributed by atoms with E-state index >= 15 is 0 Å². The Balaban J connectivity index is 1.62. The van der Waals surface area contributed by atoms with Crippen molar-refractivity contribution in [2.75, 3.05) is 27.3 Å². The van der Waals surface area contributed by atoms with Gasteiger partial charge in [-0.25, -0.2) is 4.39 Å². The Kier molecular flexibility index (Phi) is 5.00. The summed E-state index contributed by atoms with van der Waals surface area (Å²) in [5.41, 5.74) is -0.776. The van der Waals surface area contributed by atoms with Gasteiger partial charge in [0.25, 0.3) is 11.8 Å². The first-order valence-corrected chi connectivity index (χ1v) is 9.51. The minimum Gasteiger partial charge on any atom is -0.507 e. The topological polar surface area (TPSA) is 106 Å². The van der Waals surface area contributed by atoms with Gasteiger partial charge in [0.05, 0.1) is 18.8 Å². The summed E-state index contributed by atoms with van der Waals surface area (Å²) in [6.45, 7) is 0.632. The molecule has 3 heterocycles. The van der Waals surface area contributed by atoms with Gasteiger partial charge in [0.1, 0.15) is 17.6 Å². The van der Waals surface area contributed by atoms with E-state index in [1.54, 1.807) is 31.2 Å². The zero-order valence-corrected chi connectivity index (χ0v) is 16.6. The van der Waals surface area contributed by atoms with Crippen molar-refractivity contribution in [3.05, 3.63) is 58.9 Å². The molecule has 9 nitrogen and oxygen atoms in total. The zero-order chi connectivity index (χ0) is 21.6. The smallest absolute Gasteiger partial charge is 0.276 e. The third-order valence-corrected chi connectivity index (χ3v) is 5.98. The van der Waals surface area contributed by atoms with E-state index < -0.39 is 35.2 Å². The number of benzene rings is 1. The summed E-state index contributed by atoms with van der Waals surface area (Å²) in [7, 11) is 3.33. The van der Waals surface area contributed by atoms with Gasteiger partial charge in [-0.05, 0) is 6.07 Å². The van der Waals surface area contributed by atoms with Crippen molar-refractivity contribution in [2.45, 2.75) is 24.7 Å². The number of ether oxygens (including phenoxy) is 1. The summed E-state index contributed by atoms with van der Waals surface area (Å²) >= 11 is 0. The van der Waals surface area contributed by atoms with Crippen LogP contribution in [0.25, 0.3) is 0 Å². The number of rotatable bonds is 3. The Morgan fingerprint density at radius 1 is 1.37 bits per heavy atom. The van der Waals surface area contributed by atoms with Crippen LogP contribution in [0.3, 0.4) is 0 Å². The molecule has 0 aromatic heterocycles. The Morgan fingerprint density at radius 3 is 2.77 bits per heavy atom. The summed E-state index contributed by atoms with van der Waals surface area (Å²) in [4.78, 5) is 27.1. The van der Waals surface area contributed by atoms with Crippen LogP contribution in [-0.4, -0.2) is 76.0 Å². The SMILES string of the molecule is CN1C(=O)C2=C(O)C(O)C(C(=O)NCc3ccccc3F)=CN2N(C)C12CCOC2. The van der Waals surface area contributed by atoms with Crippen LogP contribution in [-0.2, 0) is 20.9 Å². The maximum atomic E-state index is 13.8. The Hall–Kier alpha value is -2.95. The second-order valence-electron chi connectivity index (χ2n) is 7.51. The molecule has 3 aliphatic heterocycles. The van der Waals surface area contributed by atoms with E-state index in [4.69, 9.17) is 4.74 Å². The van der Waals surface area contributed by atoms with Gasteiger partial charge in [-0.15, -0.1) is 0 Å². The molecule has 1 aromatic carbocycles. The Morgan fingerprint density at radius 2 is 2.10 bits per heavy atom. The molecule has 1 aromatic rings. The third kappa shape index (κ3) is 2.95. The Labute approximate surface area is 172 Å². The fraction of sp³-hybridized carbons (Fsp3) is 0.400. The number of carbonyl (C=O) groups is 2. The number of carbonyl (C=O) groups excluding carboxylic acids is 2. The lowest BCUT2D eigenvalue weighted by Gasteiger charge is -2.54. The van der Waals surface area contributed by atoms with Crippen molar-refractivity contribution < 1.29 is 28.9 Å². The van der Waals surface area contributed by atoms with E-state index in [0.717, 1.165) is 0 Å². The van der Waals surface area contributed by atoms with E-state index in [0.29, 0.717) is 13.0 Å². The minimum atomic E-state index is -1.68. The van der Waals surface area contributed by atoms with E-state index in [1.165, 1.54) is 28.2 Å². The number of amides is 2. The normalized spacial score (nSPS) is 26.9. The number of fused-ring (bicyclic) bond motifs is 1. The highest BCUT2D eigenvalue weighted by Crippen LogP contribution is 2.40. The molecule has 30 heavy (non-hydrogen) atoms. The van der Waals surface area contributed by atoms with Gasteiger partial charge < -0.3 is 25.2 Å². The fourth-order valence-corrected chi connectivity index (χ4v) is 4.04. The molecule has 2 fully saturated rings. The third-order valence-electron chi connectivity index (χ3n) is 5.98. The van der Waals surface area contributed by atoms with Gasteiger partial charge in [0, 0.05) is 38.8 Å². The lowest BCUT2D eigenvalue weighted by Crippen LogP contribution is -2.70. The highest BCUT2D eigenvalue weighted by atomic mass is 19.1. The number of nitrogens with zero attached hydrogens (tertiary/aromatic N) is 3.